The van der Waals surface area contributed by atoms with Gasteiger partial charge in [0.1, 0.15) is 11.8 Å². The van der Waals surface area contributed by atoms with Gasteiger partial charge in [-0.2, -0.15) is 0 Å². The van der Waals surface area contributed by atoms with Gasteiger partial charge in [-0.15, -0.1) is 0 Å². The molecule has 6 heteroatoms. The van der Waals surface area contributed by atoms with Crippen LogP contribution in [0.15, 0.2) is 36.7 Å². The highest BCUT2D eigenvalue weighted by molar-refractivity contribution is 5.32. The average molecular weight is 266 g/mol. The van der Waals surface area contributed by atoms with Crippen LogP contribution in [0.3, 0.4) is 0 Å². The van der Waals surface area contributed by atoms with E-state index in [2.05, 4.69) is 9.97 Å². The van der Waals surface area contributed by atoms with E-state index in [1.165, 1.54) is 43.8 Å². The number of aliphatic hydroxyl groups excluding tert-OH is 1. The second kappa shape index (κ2) is 5.71. The number of halogens is 2. The number of aliphatic hydroxyl groups is 1. The first-order chi connectivity index (χ1) is 9.13. The van der Waals surface area contributed by atoms with E-state index >= 15 is 0 Å². The van der Waals surface area contributed by atoms with Crippen LogP contribution in [0, 0.1) is 0 Å². The standard InChI is InChI=1S/C13H12F2N2O2/c1-19-13-10(16-6-7-17-13)11(18)8-2-4-9(5-3-8)12(14)15/h2-7,11-12,18H,1H3. The minimum atomic E-state index is -2.53. The fourth-order valence-electron chi connectivity index (χ4n) is 1.66. The summed E-state index contributed by atoms with van der Waals surface area (Å²) in [6, 6.07) is 5.40. The predicted octanol–water partition coefficient (Wildman–Crippen LogP) is 2.50. The largest absolute Gasteiger partial charge is 0.480 e. The summed E-state index contributed by atoms with van der Waals surface area (Å²) < 4.78 is 29.9. The molecule has 1 aromatic heterocycles. The topological polar surface area (TPSA) is 55.2 Å². The Morgan fingerprint density at radius 2 is 1.63 bits per heavy atom. The number of methoxy groups -OCH3 is 1. The van der Waals surface area contributed by atoms with Gasteiger partial charge < -0.3 is 9.84 Å². The van der Waals surface area contributed by atoms with Crippen molar-refractivity contribution < 1.29 is 18.6 Å². The lowest BCUT2D eigenvalue weighted by Crippen LogP contribution is -2.06. The summed E-state index contributed by atoms with van der Waals surface area (Å²) in [5.41, 5.74) is 0.597. The molecule has 0 aliphatic heterocycles. The van der Waals surface area contributed by atoms with Crippen LogP contribution in [0.4, 0.5) is 8.78 Å². The van der Waals surface area contributed by atoms with E-state index in [4.69, 9.17) is 4.74 Å². The molecule has 0 aliphatic carbocycles. The summed E-state index contributed by atoms with van der Waals surface area (Å²) in [6.45, 7) is 0. The number of hydrogen-bond donors (Lipinski definition) is 1. The molecule has 1 atom stereocenters. The van der Waals surface area contributed by atoms with Crippen molar-refractivity contribution in [3.63, 3.8) is 0 Å². The van der Waals surface area contributed by atoms with Crippen LogP contribution in [0.25, 0.3) is 0 Å². The Bertz CT molecular complexity index is 547. The molecular formula is C13H12F2N2O2. The number of benzene rings is 1. The third-order valence-electron chi connectivity index (χ3n) is 2.65. The number of aromatic nitrogens is 2. The molecule has 0 bridgehead atoms. The molecule has 0 spiro atoms. The molecule has 1 N–H and O–H groups in total. The van der Waals surface area contributed by atoms with Gasteiger partial charge in [-0.3, -0.25) is 4.98 Å². The lowest BCUT2D eigenvalue weighted by molar-refractivity contribution is 0.151. The van der Waals surface area contributed by atoms with E-state index in [-0.39, 0.29) is 17.1 Å². The van der Waals surface area contributed by atoms with Gasteiger partial charge in [0.05, 0.1) is 7.11 Å². The molecule has 100 valence electrons. The molecule has 1 aromatic carbocycles. The zero-order valence-electron chi connectivity index (χ0n) is 10.1. The minimum absolute atomic E-state index is 0.0953. The monoisotopic (exact) mass is 266 g/mol. The highest BCUT2D eigenvalue weighted by atomic mass is 19.3. The fraction of sp³-hybridized carbons (Fsp3) is 0.231. The maximum atomic E-state index is 12.4. The third-order valence-corrected chi connectivity index (χ3v) is 2.65. The zero-order chi connectivity index (χ0) is 13.8. The van der Waals surface area contributed by atoms with E-state index in [1.807, 2.05) is 0 Å². The van der Waals surface area contributed by atoms with Gasteiger partial charge >= 0.3 is 0 Å². The Morgan fingerprint density at radius 1 is 1.05 bits per heavy atom. The third kappa shape index (κ3) is 2.85. The zero-order valence-corrected chi connectivity index (χ0v) is 10.1. The van der Waals surface area contributed by atoms with E-state index in [0.29, 0.717) is 5.56 Å². The van der Waals surface area contributed by atoms with Gasteiger partial charge in [-0.05, 0) is 5.56 Å². The van der Waals surface area contributed by atoms with Crippen LogP contribution >= 0.6 is 0 Å². The predicted molar refractivity (Wildman–Crippen MR) is 64.0 cm³/mol. The second-order valence-electron chi connectivity index (χ2n) is 3.82. The van der Waals surface area contributed by atoms with Crippen LogP contribution in [0.2, 0.25) is 0 Å². The van der Waals surface area contributed by atoms with Crippen molar-refractivity contribution in [3.05, 3.63) is 53.5 Å². The minimum Gasteiger partial charge on any atom is -0.480 e. The maximum absolute atomic E-state index is 12.4. The Balaban J connectivity index is 2.30. The average Bonchev–Trinajstić information content (AvgIpc) is 2.46. The van der Waals surface area contributed by atoms with Crippen LogP contribution in [-0.4, -0.2) is 22.2 Å². The Labute approximate surface area is 108 Å². The molecule has 0 amide bonds. The molecule has 0 saturated heterocycles. The summed E-state index contributed by atoms with van der Waals surface area (Å²) in [5.74, 6) is 0.202. The normalized spacial score (nSPS) is 12.5. The van der Waals surface area contributed by atoms with Crippen molar-refractivity contribution in [2.45, 2.75) is 12.5 Å². The lowest BCUT2D eigenvalue weighted by Gasteiger charge is -2.13. The quantitative estimate of drug-likeness (QED) is 0.923. The summed E-state index contributed by atoms with van der Waals surface area (Å²) in [4.78, 5) is 7.92. The molecule has 2 rings (SSSR count). The van der Waals surface area contributed by atoms with Gasteiger partial charge in [-0.25, -0.2) is 13.8 Å². The van der Waals surface area contributed by atoms with Gasteiger partial charge in [0.2, 0.25) is 5.88 Å². The Kier molecular flexibility index (Phi) is 4.01. The molecule has 2 aromatic rings. The van der Waals surface area contributed by atoms with Crippen molar-refractivity contribution in [1.82, 2.24) is 9.97 Å². The molecular weight excluding hydrogens is 254 g/mol. The first-order valence-electron chi connectivity index (χ1n) is 5.54. The first kappa shape index (κ1) is 13.4. The van der Waals surface area contributed by atoms with Gasteiger partial charge in [0.15, 0.2) is 0 Å². The highest BCUT2D eigenvalue weighted by Gasteiger charge is 2.18. The van der Waals surface area contributed by atoms with Gasteiger partial charge in [-0.1, -0.05) is 24.3 Å². The number of nitrogens with zero attached hydrogens (tertiary/aromatic N) is 2. The number of alkyl halides is 2. The summed E-state index contributed by atoms with van der Waals surface area (Å²) in [7, 11) is 1.42. The van der Waals surface area contributed by atoms with Crippen LogP contribution in [0.5, 0.6) is 5.88 Å². The first-order valence-corrected chi connectivity index (χ1v) is 5.54. The van der Waals surface area contributed by atoms with Crippen molar-refractivity contribution >= 4 is 0 Å². The molecule has 19 heavy (non-hydrogen) atoms. The van der Waals surface area contributed by atoms with Crippen molar-refractivity contribution in [2.75, 3.05) is 7.11 Å². The van der Waals surface area contributed by atoms with E-state index in [9.17, 15) is 13.9 Å². The molecule has 1 unspecified atom stereocenters. The summed E-state index contributed by atoms with van der Waals surface area (Å²) >= 11 is 0. The SMILES string of the molecule is COc1nccnc1C(O)c1ccc(C(F)F)cc1. The Morgan fingerprint density at radius 3 is 2.21 bits per heavy atom. The highest BCUT2D eigenvalue weighted by Crippen LogP contribution is 2.27. The smallest absolute Gasteiger partial charge is 0.263 e. The maximum Gasteiger partial charge on any atom is 0.263 e. The Hall–Kier alpha value is -2.08. The van der Waals surface area contributed by atoms with E-state index in [0.717, 1.165) is 0 Å². The van der Waals surface area contributed by atoms with Crippen LogP contribution < -0.4 is 4.74 Å². The van der Waals surface area contributed by atoms with Crippen molar-refractivity contribution in [2.24, 2.45) is 0 Å². The number of ether oxygens (including phenoxy) is 1. The van der Waals surface area contributed by atoms with Crippen LogP contribution in [0.1, 0.15) is 29.4 Å². The molecule has 0 radical (unpaired) electrons. The molecule has 0 fully saturated rings. The molecule has 4 nitrogen and oxygen atoms in total. The van der Waals surface area contributed by atoms with Crippen LogP contribution in [-0.2, 0) is 0 Å². The number of hydrogen-bond acceptors (Lipinski definition) is 4. The lowest BCUT2D eigenvalue weighted by atomic mass is 10.0. The number of rotatable bonds is 4. The molecule has 0 saturated carbocycles. The molecule has 1 heterocycles. The van der Waals surface area contributed by atoms with Crippen molar-refractivity contribution in [1.29, 1.82) is 0 Å². The van der Waals surface area contributed by atoms with Gasteiger partial charge in [0.25, 0.3) is 6.43 Å². The fourth-order valence-corrected chi connectivity index (χ4v) is 1.66. The van der Waals surface area contributed by atoms with Crippen molar-refractivity contribution in [3.8, 4) is 5.88 Å². The van der Waals surface area contributed by atoms with E-state index < -0.39 is 12.5 Å². The molecule has 0 aliphatic rings. The summed E-state index contributed by atoms with van der Waals surface area (Å²) in [6.07, 6.45) is -0.739. The van der Waals surface area contributed by atoms with Gasteiger partial charge in [0, 0.05) is 18.0 Å². The second-order valence-corrected chi connectivity index (χ2v) is 3.82. The summed E-state index contributed by atoms with van der Waals surface area (Å²) in [5, 5.41) is 10.2. The van der Waals surface area contributed by atoms with E-state index in [1.54, 1.807) is 0 Å².